The van der Waals surface area contributed by atoms with Crippen molar-refractivity contribution in [2.24, 2.45) is 0 Å². The third kappa shape index (κ3) is 1.23. The molecule has 0 aliphatic carbocycles. The highest BCUT2D eigenvalue weighted by atomic mass is 16.1. The predicted octanol–water partition coefficient (Wildman–Crippen LogP) is 1.03. The maximum atomic E-state index is 10.8. The smallest absolute Gasteiger partial charge is 0.152 e. The zero-order valence-electron chi connectivity index (χ0n) is 6.11. The summed E-state index contributed by atoms with van der Waals surface area (Å²) in [5.41, 5.74) is 0. The first-order chi connectivity index (χ1) is 4.72. The zero-order chi connectivity index (χ0) is 7.56. The van der Waals surface area contributed by atoms with Crippen LogP contribution in [0.2, 0.25) is 0 Å². The molecule has 0 saturated carbocycles. The molecule has 10 heavy (non-hydrogen) atoms. The highest BCUT2D eigenvalue weighted by molar-refractivity contribution is 5.79. The fourth-order valence-electron chi connectivity index (χ4n) is 0.708. The minimum atomic E-state index is -0.0810. The monoisotopic (exact) mass is 138 g/mol. The van der Waals surface area contributed by atoms with Crippen molar-refractivity contribution in [3.63, 3.8) is 0 Å². The number of ketones is 1. The van der Waals surface area contributed by atoms with Crippen molar-refractivity contribution < 1.29 is 4.79 Å². The van der Waals surface area contributed by atoms with Gasteiger partial charge in [0, 0.05) is 12.4 Å². The van der Waals surface area contributed by atoms with Crippen LogP contribution < -0.4 is 0 Å². The maximum Gasteiger partial charge on any atom is 0.152 e. The van der Waals surface area contributed by atoms with Gasteiger partial charge in [-0.2, -0.15) is 0 Å². The van der Waals surface area contributed by atoms with Crippen LogP contribution in [-0.4, -0.2) is 15.3 Å². The molecule has 0 N–H and O–H groups in total. The van der Waals surface area contributed by atoms with E-state index in [4.69, 9.17) is 0 Å². The number of carbonyl (C=O) groups is 1. The second-order valence-electron chi connectivity index (χ2n) is 2.30. The van der Waals surface area contributed by atoms with Gasteiger partial charge in [0.2, 0.25) is 0 Å². The Hall–Kier alpha value is -1.12. The van der Waals surface area contributed by atoms with E-state index in [1.165, 1.54) is 0 Å². The Labute approximate surface area is 59.7 Å². The van der Waals surface area contributed by atoms with Gasteiger partial charge in [0.1, 0.15) is 0 Å². The van der Waals surface area contributed by atoms with Crippen LogP contribution in [0, 0.1) is 0 Å². The number of imidazole rings is 1. The summed E-state index contributed by atoms with van der Waals surface area (Å²) in [6.07, 6.45) is 5.09. The van der Waals surface area contributed by atoms with Gasteiger partial charge >= 0.3 is 0 Å². The van der Waals surface area contributed by atoms with E-state index in [9.17, 15) is 4.79 Å². The number of aromatic nitrogens is 2. The number of hydrogen-bond donors (Lipinski definition) is 0. The highest BCUT2D eigenvalue weighted by Crippen LogP contribution is 2.03. The third-order valence-electron chi connectivity index (χ3n) is 1.56. The number of carbonyl (C=O) groups excluding carboxylic acids is 1. The number of hydrogen-bond acceptors (Lipinski definition) is 2. The molecule has 1 atom stereocenters. The van der Waals surface area contributed by atoms with Gasteiger partial charge in [-0.05, 0) is 13.8 Å². The van der Waals surface area contributed by atoms with Crippen LogP contribution in [0.5, 0.6) is 0 Å². The summed E-state index contributed by atoms with van der Waals surface area (Å²) in [5, 5.41) is 0. The molecular formula is C7H10N2O. The lowest BCUT2D eigenvalue weighted by Gasteiger charge is -2.06. The zero-order valence-corrected chi connectivity index (χ0v) is 6.11. The van der Waals surface area contributed by atoms with Gasteiger partial charge in [-0.15, -0.1) is 0 Å². The third-order valence-corrected chi connectivity index (χ3v) is 1.56. The average Bonchev–Trinajstić information content (AvgIpc) is 2.36. The van der Waals surface area contributed by atoms with Crippen LogP contribution in [-0.2, 0) is 4.79 Å². The summed E-state index contributed by atoms with van der Waals surface area (Å²) in [6.45, 7) is 3.43. The summed E-state index contributed by atoms with van der Waals surface area (Å²) < 4.78 is 1.78. The molecule has 0 aliphatic heterocycles. The SMILES string of the molecule is CC(=O)C(C)n1ccnc1. The van der Waals surface area contributed by atoms with Crippen LogP contribution in [0.4, 0.5) is 0 Å². The summed E-state index contributed by atoms with van der Waals surface area (Å²) >= 11 is 0. The lowest BCUT2D eigenvalue weighted by molar-refractivity contribution is -0.119. The number of Topliss-reactive ketones (excluding diaryl/α,β-unsaturated/α-hetero) is 1. The maximum absolute atomic E-state index is 10.8. The molecule has 1 rings (SSSR count). The Balaban J connectivity index is 2.77. The van der Waals surface area contributed by atoms with Crippen molar-refractivity contribution in [2.45, 2.75) is 19.9 Å². The number of nitrogens with zero attached hydrogens (tertiary/aromatic N) is 2. The van der Waals surface area contributed by atoms with Gasteiger partial charge < -0.3 is 4.57 Å². The van der Waals surface area contributed by atoms with Crippen LogP contribution >= 0.6 is 0 Å². The van der Waals surface area contributed by atoms with Crippen LogP contribution in [0.15, 0.2) is 18.7 Å². The van der Waals surface area contributed by atoms with Crippen LogP contribution in [0.25, 0.3) is 0 Å². The first-order valence-electron chi connectivity index (χ1n) is 3.19. The molecule has 0 bridgehead atoms. The van der Waals surface area contributed by atoms with Crippen molar-refractivity contribution in [2.75, 3.05) is 0 Å². The van der Waals surface area contributed by atoms with Crippen molar-refractivity contribution >= 4 is 5.78 Å². The lowest BCUT2D eigenvalue weighted by Crippen LogP contribution is -2.10. The molecule has 0 fully saturated rings. The van der Waals surface area contributed by atoms with E-state index in [0.29, 0.717) is 0 Å². The quantitative estimate of drug-likeness (QED) is 0.611. The minimum absolute atomic E-state index is 0.0810. The topological polar surface area (TPSA) is 34.9 Å². The minimum Gasteiger partial charge on any atom is -0.327 e. The largest absolute Gasteiger partial charge is 0.327 e. The first kappa shape index (κ1) is 6.99. The average molecular weight is 138 g/mol. The van der Waals surface area contributed by atoms with Crippen molar-refractivity contribution in [1.29, 1.82) is 0 Å². The van der Waals surface area contributed by atoms with Gasteiger partial charge in [-0.3, -0.25) is 4.79 Å². The van der Waals surface area contributed by atoms with Gasteiger partial charge in [0.05, 0.1) is 12.4 Å². The molecule has 3 nitrogen and oxygen atoms in total. The summed E-state index contributed by atoms with van der Waals surface area (Å²) in [6, 6.07) is -0.0810. The molecular weight excluding hydrogens is 128 g/mol. The summed E-state index contributed by atoms with van der Waals surface area (Å²) in [5.74, 6) is 0.151. The second kappa shape index (κ2) is 2.64. The lowest BCUT2D eigenvalue weighted by atomic mass is 10.2. The van der Waals surface area contributed by atoms with Crippen molar-refractivity contribution in [1.82, 2.24) is 9.55 Å². The molecule has 1 heterocycles. The summed E-state index contributed by atoms with van der Waals surface area (Å²) in [4.78, 5) is 14.6. The van der Waals surface area contributed by atoms with E-state index in [1.807, 2.05) is 6.92 Å². The Morgan fingerprint density at radius 3 is 2.80 bits per heavy atom. The van der Waals surface area contributed by atoms with Gasteiger partial charge in [0.25, 0.3) is 0 Å². The molecule has 0 aromatic carbocycles. The van der Waals surface area contributed by atoms with E-state index in [0.717, 1.165) is 0 Å². The molecule has 0 amide bonds. The first-order valence-corrected chi connectivity index (χ1v) is 3.19. The molecule has 1 aromatic rings. The van der Waals surface area contributed by atoms with Crippen LogP contribution in [0.3, 0.4) is 0 Å². The van der Waals surface area contributed by atoms with Crippen LogP contribution in [0.1, 0.15) is 19.9 Å². The van der Waals surface area contributed by atoms with E-state index >= 15 is 0 Å². The van der Waals surface area contributed by atoms with Gasteiger partial charge in [-0.1, -0.05) is 0 Å². The predicted molar refractivity (Wildman–Crippen MR) is 37.6 cm³/mol. The Morgan fingerprint density at radius 2 is 2.40 bits per heavy atom. The Bertz CT molecular complexity index is 216. The standard InChI is InChI=1S/C7H10N2O/c1-6(7(2)10)9-4-3-8-5-9/h3-6H,1-2H3. The molecule has 1 aromatic heterocycles. The molecule has 0 spiro atoms. The van der Waals surface area contributed by atoms with E-state index < -0.39 is 0 Å². The molecule has 3 heteroatoms. The normalized spacial score (nSPS) is 13.0. The van der Waals surface area contributed by atoms with Gasteiger partial charge in [0.15, 0.2) is 5.78 Å². The molecule has 0 saturated heterocycles. The fraction of sp³-hybridized carbons (Fsp3) is 0.429. The van der Waals surface area contributed by atoms with Crippen molar-refractivity contribution in [3.05, 3.63) is 18.7 Å². The molecule has 1 unspecified atom stereocenters. The summed E-state index contributed by atoms with van der Waals surface area (Å²) in [7, 11) is 0. The Kier molecular flexibility index (Phi) is 1.85. The Morgan fingerprint density at radius 1 is 1.70 bits per heavy atom. The molecule has 0 aliphatic rings. The van der Waals surface area contributed by atoms with Crippen molar-refractivity contribution in [3.8, 4) is 0 Å². The van der Waals surface area contributed by atoms with Gasteiger partial charge in [-0.25, -0.2) is 4.98 Å². The van der Waals surface area contributed by atoms with E-state index in [2.05, 4.69) is 4.98 Å². The fourth-order valence-corrected chi connectivity index (χ4v) is 0.708. The molecule has 54 valence electrons. The highest BCUT2D eigenvalue weighted by Gasteiger charge is 2.06. The number of rotatable bonds is 2. The van der Waals surface area contributed by atoms with E-state index in [-0.39, 0.29) is 11.8 Å². The molecule has 0 radical (unpaired) electrons. The second-order valence-corrected chi connectivity index (χ2v) is 2.30. The van der Waals surface area contributed by atoms with E-state index in [1.54, 1.807) is 30.2 Å².